The molecule has 0 atom stereocenters. The van der Waals surface area contributed by atoms with E-state index in [-0.39, 0.29) is 10.8 Å². The topological polar surface area (TPSA) is 20.3 Å². The number of halogens is 1. The summed E-state index contributed by atoms with van der Waals surface area (Å²) in [5.74, 6) is -0.563. The van der Waals surface area contributed by atoms with Gasteiger partial charge in [-0.2, -0.15) is 11.3 Å². The number of rotatable bonds is 3. The maximum atomic E-state index is 13.1. The summed E-state index contributed by atoms with van der Waals surface area (Å²) < 4.78 is 13.1. The molecule has 18 heavy (non-hydrogen) atoms. The van der Waals surface area contributed by atoms with Crippen molar-refractivity contribution in [2.75, 3.05) is 7.05 Å². The normalized spacial score (nSPS) is 10.4. The molecule has 0 fully saturated rings. The zero-order valence-electron chi connectivity index (χ0n) is 9.76. The summed E-state index contributed by atoms with van der Waals surface area (Å²) in [5.41, 5.74) is 1.53. The second kappa shape index (κ2) is 5.54. The molecule has 0 saturated heterocycles. The third kappa shape index (κ3) is 2.91. The van der Waals surface area contributed by atoms with Crippen molar-refractivity contribution in [1.29, 1.82) is 0 Å². The fourth-order valence-corrected chi connectivity index (χ4v) is 2.47. The molecule has 1 aromatic heterocycles. The maximum Gasteiger partial charge on any atom is 0.253 e. The molecular formula is C13H12FNOS2. The molecule has 1 amide bonds. The zero-order chi connectivity index (χ0) is 13.1. The standard InChI is InChI=1S/C13H12FNOS2/c1-15(7-9-4-5-18-8-9)13(16)10-2-3-11(14)12(17)6-10/h2-6,8,17H,7H2,1H3. The Labute approximate surface area is 114 Å². The Kier molecular flexibility index (Phi) is 4.04. The number of hydrogen-bond donors (Lipinski definition) is 1. The highest BCUT2D eigenvalue weighted by molar-refractivity contribution is 7.80. The zero-order valence-corrected chi connectivity index (χ0v) is 11.5. The smallest absolute Gasteiger partial charge is 0.253 e. The van der Waals surface area contributed by atoms with Gasteiger partial charge in [0.05, 0.1) is 0 Å². The molecule has 0 aliphatic carbocycles. The molecule has 2 rings (SSSR count). The average Bonchev–Trinajstić information content (AvgIpc) is 2.84. The van der Waals surface area contributed by atoms with E-state index in [1.807, 2.05) is 16.8 Å². The van der Waals surface area contributed by atoms with Gasteiger partial charge in [0, 0.05) is 24.1 Å². The number of benzene rings is 1. The minimum atomic E-state index is -0.421. The van der Waals surface area contributed by atoms with Gasteiger partial charge in [-0.15, -0.1) is 12.6 Å². The first-order valence-corrected chi connectivity index (χ1v) is 6.72. The average molecular weight is 281 g/mol. The fraction of sp³-hybridized carbons (Fsp3) is 0.154. The van der Waals surface area contributed by atoms with Crippen molar-refractivity contribution in [3.63, 3.8) is 0 Å². The van der Waals surface area contributed by atoms with Gasteiger partial charge in [-0.1, -0.05) is 0 Å². The Morgan fingerprint density at radius 2 is 2.22 bits per heavy atom. The van der Waals surface area contributed by atoms with E-state index in [1.165, 1.54) is 18.2 Å². The van der Waals surface area contributed by atoms with E-state index < -0.39 is 5.82 Å². The van der Waals surface area contributed by atoms with Crippen molar-refractivity contribution in [3.8, 4) is 0 Å². The Morgan fingerprint density at radius 1 is 1.44 bits per heavy atom. The number of carbonyl (C=O) groups excluding carboxylic acids is 1. The minimum absolute atomic E-state index is 0.142. The van der Waals surface area contributed by atoms with Gasteiger partial charge in [0.2, 0.25) is 0 Å². The molecule has 0 spiro atoms. The molecular weight excluding hydrogens is 269 g/mol. The third-order valence-corrected chi connectivity index (χ3v) is 3.61. The van der Waals surface area contributed by atoms with Gasteiger partial charge in [0.15, 0.2) is 0 Å². The summed E-state index contributed by atoms with van der Waals surface area (Å²) in [6.07, 6.45) is 0. The Bertz CT molecular complexity index is 554. The van der Waals surface area contributed by atoms with Crippen LogP contribution >= 0.6 is 24.0 Å². The van der Waals surface area contributed by atoms with Crippen LogP contribution < -0.4 is 0 Å². The Morgan fingerprint density at radius 3 is 2.83 bits per heavy atom. The highest BCUT2D eigenvalue weighted by Crippen LogP contribution is 2.16. The SMILES string of the molecule is CN(Cc1ccsc1)C(=O)c1ccc(F)c(S)c1. The van der Waals surface area contributed by atoms with Crippen LogP contribution in [0, 0.1) is 5.82 Å². The highest BCUT2D eigenvalue weighted by atomic mass is 32.1. The van der Waals surface area contributed by atoms with E-state index in [9.17, 15) is 9.18 Å². The molecule has 0 bridgehead atoms. The summed E-state index contributed by atoms with van der Waals surface area (Å²) >= 11 is 5.57. The summed E-state index contributed by atoms with van der Waals surface area (Å²) in [6.45, 7) is 0.543. The highest BCUT2D eigenvalue weighted by Gasteiger charge is 2.13. The summed E-state index contributed by atoms with van der Waals surface area (Å²) in [6, 6.07) is 6.16. The number of carbonyl (C=O) groups is 1. The second-order valence-electron chi connectivity index (χ2n) is 3.96. The molecule has 1 heterocycles. The van der Waals surface area contributed by atoms with Crippen LogP contribution in [0.3, 0.4) is 0 Å². The predicted octanol–water partition coefficient (Wildman–Crippen LogP) is 3.45. The van der Waals surface area contributed by atoms with Crippen molar-refractivity contribution < 1.29 is 9.18 Å². The van der Waals surface area contributed by atoms with Crippen molar-refractivity contribution in [2.24, 2.45) is 0 Å². The van der Waals surface area contributed by atoms with Crippen LogP contribution in [-0.2, 0) is 6.54 Å². The molecule has 5 heteroatoms. The molecule has 0 unspecified atom stereocenters. The van der Waals surface area contributed by atoms with Crippen LogP contribution in [0.15, 0.2) is 39.9 Å². The predicted molar refractivity (Wildman–Crippen MR) is 73.8 cm³/mol. The van der Waals surface area contributed by atoms with Gasteiger partial charge in [-0.3, -0.25) is 4.79 Å². The van der Waals surface area contributed by atoms with Gasteiger partial charge in [0.25, 0.3) is 5.91 Å². The number of nitrogens with zero attached hydrogens (tertiary/aromatic N) is 1. The van der Waals surface area contributed by atoms with Crippen molar-refractivity contribution in [1.82, 2.24) is 4.90 Å². The van der Waals surface area contributed by atoms with Crippen molar-refractivity contribution >= 4 is 29.9 Å². The monoisotopic (exact) mass is 281 g/mol. The number of hydrogen-bond acceptors (Lipinski definition) is 3. The van der Waals surface area contributed by atoms with E-state index in [1.54, 1.807) is 23.3 Å². The van der Waals surface area contributed by atoms with Crippen molar-refractivity contribution in [3.05, 3.63) is 52.0 Å². The molecule has 0 saturated carbocycles. The van der Waals surface area contributed by atoms with Gasteiger partial charge < -0.3 is 4.90 Å². The van der Waals surface area contributed by atoms with E-state index in [4.69, 9.17) is 0 Å². The molecule has 2 nitrogen and oxygen atoms in total. The third-order valence-electron chi connectivity index (χ3n) is 2.54. The van der Waals surface area contributed by atoms with Crippen LogP contribution in [0.25, 0.3) is 0 Å². The first-order valence-electron chi connectivity index (χ1n) is 5.33. The lowest BCUT2D eigenvalue weighted by atomic mass is 10.2. The lowest BCUT2D eigenvalue weighted by Crippen LogP contribution is -2.26. The molecule has 0 N–H and O–H groups in total. The van der Waals surface area contributed by atoms with E-state index >= 15 is 0 Å². The van der Waals surface area contributed by atoms with Crippen LogP contribution in [-0.4, -0.2) is 17.9 Å². The molecule has 0 radical (unpaired) electrons. The van der Waals surface area contributed by atoms with Gasteiger partial charge in [-0.05, 0) is 40.6 Å². The van der Waals surface area contributed by atoms with Crippen LogP contribution in [0.2, 0.25) is 0 Å². The van der Waals surface area contributed by atoms with Crippen LogP contribution in [0.5, 0.6) is 0 Å². The lowest BCUT2D eigenvalue weighted by Gasteiger charge is -2.16. The Hall–Kier alpha value is -1.33. The number of thiophene rings is 1. The fourth-order valence-electron chi connectivity index (χ4n) is 1.59. The first kappa shape index (κ1) is 13.1. The lowest BCUT2D eigenvalue weighted by molar-refractivity contribution is 0.0785. The molecule has 0 aliphatic heterocycles. The van der Waals surface area contributed by atoms with Gasteiger partial charge in [0.1, 0.15) is 5.82 Å². The maximum absolute atomic E-state index is 13.1. The van der Waals surface area contributed by atoms with E-state index in [0.29, 0.717) is 12.1 Å². The van der Waals surface area contributed by atoms with E-state index in [0.717, 1.165) is 5.56 Å². The van der Waals surface area contributed by atoms with Crippen LogP contribution in [0.4, 0.5) is 4.39 Å². The number of thiol groups is 1. The van der Waals surface area contributed by atoms with E-state index in [2.05, 4.69) is 12.6 Å². The van der Waals surface area contributed by atoms with Crippen LogP contribution in [0.1, 0.15) is 15.9 Å². The quantitative estimate of drug-likeness (QED) is 0.854. The number of amides is 1. The largest absolute Gasteiger partial charge is 0.337 e. The Balaban J connectivity index is 2.12. The minimum Gasteiger partial charge on any atom is -0.337 e. The van der Waals surface area contributed by atoms with Gasteiger partial charge in [-0.25, -0.2) is 4.39 Å². The summed E-state index contributed by atoms with van der Waals surface area (Å²) in [5, 5.41) is 3.97. The van der Waals surface area contributed by atoms with Crippen molar-refractivity contribution in [2.45, 2.75) is 11.4 Å². The molecule has 1 aromatic carbocycles. The molecule has 94 valence electrons. The second-order valence-corrected chi connectivity index (χ2v) is 5.22. The summed E-state index contributed by atoms with van der Waals surface area (Å²) in [4.78, 5) is 13.9. The first-order chi connectivity index (χ1) is 8.58. The summed E-state index contributed by atoms with van der Waals surface area (Å²) in [7, 11) is 1.72. The molecule has 0 aliphatic rings. The van der Waals surface area contributed by atoms with Gasteiger partial charge >= 0.3 is 0 Å². The molecule has 2 aromatic rings.